The Kier molecular flexibility index (Phi) is 4.67. The van der Waals surface area contributed by atoms with Gasteiger partial charge in [-0.25, -0.2) is 0 Å². The summed E-state index contributed by atoms with van der Waals surface area (Å²) in [5, 5.41) is 1.60. The number of furan rings is 1. The number of aromatic amines is 1. The quantitative estimate of drug-likeness (QED) is 0.730. The van der Waals surface area contributed by atoms with Crippen molar-refractivity contribution in [2.45, 2.75) is 19.3 Å². The lowest BCUT2D eigenvalue weighted by Gasteiger charge is -2.38. The molecule has 1 N–H and O–H groups in total. The van der Waals surface area contributed by atoms with Gasteiger partial charge < -0.3 is 19.2 Å². The largest absolute Gasteiger partial charge is 0.459 e. The molecule has 2 amide bonds. The summed E-state index contributed by atoms with van der Waals surface area (Å²) in [4.78, 5) is 32.5. The summed E-state index contributed by atoms with van der Waals surface area (Å²) < 4.78 is 5.19. The molecular formula is C21H22ClN3O3. The topological polar surface area (TPSA) is 69.6 Å². The zero-order valence-electron chi connectivity index (χ0n) is 15.9. The number of rotatable bonds is 3. The lowest BCUT2D eigenvalue weighted by atomic mass is 9.82. The van der Waals surface area contributed by atoms with Gasteiger partial charge in [-0.15, -0.1) is 0 Å². The van der Waals surface area contributed by atoms with Gasteiger partial charge >= 0.3 is 0 Å². The van der Waals surface area contributed by atoms with E-state index < -0.39 is 5.41 Å². The molecule has 0 unspecified atom stereocenters. The smallest absolute Gasteiger partial charge is 0.289 e. The first-order valence-electron chi connectivity index (χ1n) is 9.27. The van der Waals surface area contributed by atoms with Gasteiger partial charge in [0.15, 0.2) is 5.76 Å². The average molecular weight is 400 g/mol. The van der Waals surface area contributed by atoms with E-state index in [-0.39, 0.29) is 11.8 Å². The maximum Gasteiger partial charge on any atom is 0.289 e. The second kappa shape index (κ2) is 7.02. The number of nitrogens with zero attached hydrogens (tertiary/aromatic N) is 2. The Morgan fingerprint density at radius 1 is 1.11 bits per heavy atom. The van der Waals surface area contributed by atoms with E-state index in [0.717, 1.165) is 16.5 Å². The number of carbonyl (C=O) groups excluding carboxylic acids is 2. The van der Waals surface area contributed by atoms with Crippen LogP contribution >= 0.6 is 11.6 Å². The van der Waals surface area contributed by atoms with Gasteiger partial charge in [-0.3, -0.25) is 9.59 Å². The molecule has 1 aromatic carbocycles. The number of piperazine rings is 1. The van der Waals surface area contributed by atoms with Crippen LogP contribution in [0, 0.1) is 0 Å². The molecule has 0 bridgehead atoms. The molecule has 0 aliphatic carbocycles. The van der Waals surface area contributed by atoms with E-state index in [1.165, 1.54) is 6.26 Å². The van der Waals surface area contributed by atoms with E-state index in [1.54, 1.807) is 17.0 Å². The Morgan fingerprint density at radius 3 is 2.50 bits per heavy atom. The summed E-state index contributed by atoms with van der Waals surface area (Å²) in [5.41, 5.74) is 1.16. The molecule has 1 saturated heterocycles. The van der Waals surface area contributed by atoms with Crippen molar-refractivity contribution in [3.05, 3.63) is 59.1 Å². The molecule has 0 spiro atoms. The van der Waals surface area contributed by atoms with Gasteiger partial charge in [-0.05, 0) is 49.7 Å². The first kappa shape index (κ1) is 18.6. The van der Waals surface area contributed by atoms with Crippen LogP contribution in [0.15, 0.2) is 47.2 Å². The second-order valence-electron chi connectivity index (χ2n) is 7.58. The van der Waals surface area contributed by atoms with E-state index >= 15 is 0 Å². The SMILES string of the molecule is CC(C)(C(=O)N1CCN(C(=O)c2ccco2)CC1)c1c[nH]c2ccc(Cl)cc12. The highest BCUT2D eigenvalue weighted by molar-refractivity contribution is 6.31. The van der Waals surface area contributed by atoms with Gasteiger partial charge in [0.25, 0.3) is 5.91 Å². The summed E-state index contributed by atoms with van der Waals surface area (Å²) in [7, 11) is 0. The molecule has 1 aliphatic heterocycles. The highest BCUT2D eigenvalue weighted by atomic mass is 35.5. The highest BCUT2D eigenvalue weighted by Gasteiger charge is 2.37. The van der Waals surface area contributed by atoms with Gasteiger partial charge in [0.05, 0.1) is 11.7 Å². The van der Waals surface area contributed by atoms with Crippen LogP contribution in [0.3, 0.4) is 0 Å². The third-order valence-corrected chi connectivity index (χ3v) is 5.67. The number of amides is 2. The van der Waals surface area contributed by atoms with Crippen LogP contribution in [0.5, 0.6) is 0 Å². The number of hydrogen-bond acceptors (Lipinski definition) is 3. The zero-order chi connectivity index (χ0) is 19.9. The summed E-state index contributed by atoms with van der Waals surface area (Å²) in [5.74, 6) is 0.233. The lowest BCUT2D eigenvalue weighted by molar-refractivity contribution is -0.137. The Bertz CT molecular complexity index is 1010. The minimum Gasteiger partial charge on any atom is -0.459 e. The van der Waals surface area contributed by atoms with Crippen LogP contribution in [0.1, 0.15) is 30.0 Å². The Morgan fingerprint density at radius 2 is 1.82 bits per heavy atom. The van der Waals surface area contributed by atoms with Crippen LogP contribution < -0.4 is 0 Å². The molecule has 6 nitrogen and oxygen atoms in total. The molecule has 0 atom stereocenters. The third-order valence-electron chi connectivity index (χ3n) is 5.44. The molecule has 3 heterocycles. The fraction of sp³-hybridized carbons (Fsp3) is 0.333. The van der Waals surface area contributed by atoms with Crippen molar-refractivity contribution >= 4 is 34.3 Å². The van der Waals surface area contributed by atoms with Crippen molar-refractivity contribution in [1.29, 1.82) is 0 Å². The van der Waals surface area contributed by atoms with E-state index in [0.29, 0.717) is 37.0 Å². The van der Waals surface area contributed by atoms with E-state index in [9.17, 15) is 9.59 Å². The van der Waals surface area contributed by atoms with Crippen LogP contribution in [0.25, 0.3) is 10.9 Å². The molecule has 1 fully saturated rings. The summed E-state index contributed by atoms with van der Waals surface area (Å²) in [6, 6.07) is 8.99. The van der Waals surface area contributed by atoms with Crippen molar-refractivity contribution < 1.29 is 14.0 Å². The number of nitrogens with one attached hydrogen (secondary N) is 1. The third kappa shape index (κ3) is 3.18. The van der Waals surface area contributed by atoms with Gasteiger partial charge in [0.1, 0.15) is 0 Å². The lowest BCUT2D eigenvalue weighted by Crippen LogP contribution is -2.54. The zero-order valence-corrected chi connectivity index (χ0v) is 16.6. The van der Waals surface area contributed by atoms with E-state index in [2.05, 4.69) is 4.98 Å². The molecule has 1 aliphatic rings. The molecule has 2 aromatic heterocycles. The number of aromatic nitrogens is 1. The van der Waals surface area contributed by atoms with Gasteiger partial charge in [0.2, 0.25) is 5.91 Å². The normalized spacial score (nSPS) is 15.2. The fourth-order valence-corrected chi connectivity index (χ4v) is 3.96. The Balaban J connectivity index is 1.49. The molecule has 0 radical (unpaired) electrons. The maximum atomic E-state index is 13.3. The number of H-pyrrole nitrogens is 1. The predicted molar refractivity (Wildman–Crippen MR) is 108 cm³/mol. The summed E-state index contributed by atoms with van der Waals surface area (Å²) in [6.45, 7) is 5.83. The monoisotopic (exact) mass is 399 g/mol. The van der Waals surface area contributed by atoms with Crippen molar-refractivity contribution in [1.82, 2.24) is 14.8 Å². The van der Waals surface area contributed by atoms with Gasteiger partial charge in [0, 0.05) is 48.3 Å². The Labute approximate surface area is 168 Å². The molecular weight excluding hydrogens is 378 g/mol. The summed E-state index contributed by atoms with van der Waals surface area (Å²) in [6.07, 6.45) is 3.37. The van der Waals surface area contributed by atoms with Crippen LogP contribution in [0.4, 0.5) is 0 Å². The number of carbonyl (C=O) groups is 2. The standard InChI is InChI=1S/C21H22ClN3O3/c1-21(2,16-13-23-17-6-5-14(22)12-15(16)17)20(27)25-9-7-24(8-10-25)19(26)18-4-3-11-28-18/h3-6,11-13,23H,7-10H2,1-2H3. The number of hydrogen-bond donors (Lipinski definition) is 1. The summed E-state index contributed by atoms with van der Waals surface area (Å²) >= 11 is 6.16. The number of halogens is 1. The fourth-order valence-electron chi connectivity index (χ4n) is 3.79. The van der Waals surface area contributed by atoms with E-state index in [1.807, 2.05) is 43.1 Å². The minimum absolute atomic E-state index is 0.0403. The van der Waals surface area contributed by atoms with E-state index in [4.69, 9.17) is 16.0 Å². The van der Waals surface area contributed by atoms with Crippen LogP contribution in [-0.2, 0) is 10.2 Å². The van der Waals surface area contributed by atoms with Crippen molar-refractivity contribution in [3.63, 3.8) is 0 Å². The maximum absolute atomic E-state index is 13.3. The molecule has 3 aromatic rings. The van der Waals surface area contributed by atoms with Crippen molar-refractivity contribution in [2.24, 2.45) is 0 Å². The first-order chi connectivity index (χ1) is 13.4. The predicted octanol–water partition coefficient (Wildman–Crippen LogP) is 3.68. The number of fused-ring (bicyclic) bond motifs is 1. The number of benzene rings is 1. The second-order valence-corrected chi connectivity index (χ2v) is 8.02. The first-order valence-corrected chi connectivity index (χ1v) is 9.65. The van der Waals surface area contributed by atoms with Crippen LogP contribution in [-0.4, -0.2) is 52.8 Å². The van der Waals surface area contributed by atoms with Gasteiger partial charge in [-0.1, -0.05) is 11.6 Å². The average Bonchev–Trinajstić information content (AvgIpc) is 3.36. The molecule has 28 heavy (non-hydrogen) atoms. The molecule has 146 valence electrons. The molecule has 7 heteroatoms. The van der Waals surface area contributed by atoms with Crippen molar-refractivity contribution in [2.75, 3.05) is 26.2 Å². The van der Waals surface area contributed by atoms with Crippen LogP contribution in [0.2, 0.25) is 5.02 Å². The van der Waals surface area contributed by atoms with Crippen molar-refractivity contribution in [3.8, 4) is 0 Å². The molecule has 4 rings (SSSR count). The highest BCUT2D eigenvalue weighted by Crippen LogP contribution is 2.33. The molecule has 0 saturated carbocycles. The van der Waals surface area contributed by atoms with Gasteiger partial charge in [-0.2, -0.15) is 0 Å². The minimum atomic E-state index is -0.712. The Hall–Kier alpha value is -2.73.